The molecule has 3 aromatic rings. The number of hydrogen-bond donors (Lipinski definition) is 1. The standard InChI is InChI=1S/C23H19NO4/c25-23(24-14-15-6-5-11-20-22(15)27-13-12-26-20)21-16-7-1-3-9-18(16)28-19-10-4-2-8-17(19)21/h1-11,21H,12-14H2,(H,24,25). The molecule has 3 aromatic carbocycles. The van der Waals surface area contributed by atoms with Gasteiger partial charge in [0.25, 0.3) is 0 Å². The van der Waals surface area contributed by atoms with E-state index in [4.69, 9.17) is 14.2 Å². The summed E-state index contributed by atoms with van der Waals surface area (Å²) < 4.78 is 17.4. The molecule has 5 rings (SSSR count). The molecule has 2 aliphatic rings. The Morgan fingerprint density at radius 1 is 0.821 bits per heavy atom. The number of fused-ring (bicyclic) bond motifs is 3. The van der Waals surface area contributed by atoms with Gasteiger partial charge in [-0.2, -0.15) is 0 Å². The van der Waals surface area contributed by atoms with Crippen molar-refractivity contribution >= 4 is 5.91 Å². The molecule has 1 amide bonds. The highest BCUT2D eigenvalue weighted by Crippen LogP contribution is 2.44. The molecule has 0 spiro atoms. The average molecular weight is 373 g/mol. The van der Waals surface area contributed by atoms with Crippen LogP contribution in [0, 0.1) is 0 Å². The lowest BCUT2D eigenvalue weighted by atomic mass is 9.87. The fourth-order valence-corrected chi connectivity index (χ4v) is 3.75. The fraction of sp³-hybridized carbons (Fsp3) is 0.174. The van der Waals surface area contributed by atoms with Crippen molar-refractivity contribution in [1.29, 1.82) is 0 Å². The number of benzene rings is 3. The number of amides is 1. The molecule has 0 atom stereocenters. The Labute approximate surface area is 162 Å². The Balaban J connectivity index is 1.44. The Bertz CT molecular complexity index is 1000. The number of para-hydroxylation sites is 3. The second kappa shape index (κ2) is 6.93. The van der Waals surface area contributed by atoms with Crippen molar-refractivity contribution in [3.05, 3.63) is 83.4 Å². The van der Waals surface area contributed by atoms with Crippen LogP contribution in [0.2, 0.25) is 0 Å². The van der Waals surface area contributed by atoms with Crippen LogP contribution in [-0.2, 0) is 11.3 Å². The summed E-state index contributed by atoms with van der Waals surface area (Å²) in [4.78, 5) is 13.2. The van der Waals surface area contributed by atoms with Gasteiger partial charge in [-0.3, -0.25) is 4.79 Å². The smallest absolute Gasteiger partial charge is 0.232 e. The topological polar surface area (TPSA) is 56.8 Å². The molecule has 140 valence electrons. The van der Waals surface area contributed by atoms with Gasteiger partial charge in [0.1, 0.15) is 24.7 Å². The lowest BCUT2D eigenvalue weighted by Gasteiger charge is -2.27. The van der Waals surface area contributed by atoms with Crippen LogP contribution in [-0.4, -0.2) is 19.1 Å². The van der Waals surface area contributed by atoms with Crippen molar-refractivity contribution in [3.63, 3.8) is 0 Å². The highest BCUT2D eigenvalue weighted by atomic mass is 16.6. The Kier molecular flexibility index (Phi) is 4.13. The molecule has 0 aliphatic carbocycles. The van der Waals surface area contributed by atoms with E-state index in [2.05, 4.69) is 5.32 Å². The van der Waals surface area contributed by atoms with Gasteiger partial charge in [0.15, 0.2) is 11.5 Å². The molecule has 0 unspecified atom stereocenters. The van der Waals surface area contributed by atoms with E-state index < -0.39 is 5.92 Å². The first kappa shape index (κ1) is 16.7. The number of hydrogen-bond acceptors (Lipinski definition) is 4. The Morgan fingerprint density at radius 3 is 2.21 bits per heavy atom. The van der Waals surface area contributed by atoms with Crippen LogP contribution in [0.1, 0.15) is 22.6 Å². The molecule has 0 saturated carbocycles. The molecule has 2 heterocycles. The molecule has 5 heteroatoms. The molecule has 0 aromatic heterocycles. The molecule has 5 nitrogen and oxygen atoms in total. The summed E-state index contributed by atoms with van der Waals surface area (Å²) in [5.41, 5.74) is 2.64. The predicted molar refractivity (Wildman–Crippen MR) is 104 cm³/mol. The number of carbonyl (C=O) groups is 1. The third-order valence-corrected chi connectivity index (χ3v) is 5.04. The van der Waals surface area contributed by atoms with Gasteiger partial charge in [-0.25, -0.2) is 0 Å². The van der Waals surface area contributed by atoms with Gasteiger partial charge in [-0.05, 0) is 18.2 Å². The summed E-state index contributed by atoms with van der Waals surface area (Å²) in [6, 6.07) is 21.1. The van der Waals surface area contributed by atoms with Crippen molar-refractivity contribution in [2.24, 2.45) is 0 Å². The molecular weight excluding hydrogens is 354 g/mol. The van der Waals surface area contributed by atoms with Crippen molar-refractivity contribution in [2.75, 3.05) is 13.2 Å². The summed E-state index contributed by atoms with van der Waals surface area (Å²) in [6.07, 6.45) is 0. The summed E-state index contributed by atoms with van der Waals surface area (Å²) in [7, 11) is 0. The van der Waals surface area contributed by atoms with Gasteiger partial charge in [0.05, 0.1) is 5.92 Å². The number of ether oxygens (including phenoxy) is 3. The van der Waals surface area contributed by atoms with Gasteiger partial charge in [0.2, 0.25) is 5.91 Å². The van der Waals surface area contributed by atoms with E-state index in [0.29, 0.717) is 25.5 Å². The summed E-state index contributed by atoms with van der Waals surface area (Å²) in [6.45, 7) is 1.42. The first-order chi connectivity index (χ1) is 13.8. The molecule has 0 fully saturated rings. The highest BCUT2D eigenvalue weighted by Gasteiger charge is 2.32. The van der Waals surface area contributed by atoms with E-state index in [0.717, 1.165) is 33.9 Å². The first-order valence-electron chi connectivity index (χ1n) is 9.32. The van der Waals surface area contributed by atoms with Crippen molar-refractivity contribution in [1.82, 2.24) is 5.32 Å². The lowest BCUT2D eigenvalue weighted by molar-refractivity contribution is -0.122. The van der Waals surface area contributed by atoms with Crippen LogP contribution in [0.4, 0.5) is 0 Å². The van der Waals surface area contributed by atoms with Crippen LogP contribution in [0.25, 0.3) is 0 Å². The van der Waals surface area contributed by atoms with E-state index in [9.17, 15) is 4.79 Å². The molecular formula is C23H19NO4. The maximum absolute atomic E-state index is 13.2. The molecule has 0 saturated heterocycles. The first-order valence-corrected chi connectivity index (χ1v) is 9.32. The van der Waals surface area contributed by atoms with Crippen LogP contribution >= 0.6 is 0 Å². The molecule has 1 N–H and O–H groups in total. The molecule has 28 heavy (non-hydrogen) atoms. The zero-order valence-corrected chi connectivity index (χ0v) is 15.2. The quantitative estimate of drug-likeness (QED) is 0.754. The highest BCUT2D eigenvalue weighted by molar-refractivity contribution is 5.89. The molecule has 0 radical (unpaired) electrons. The predicted octanol–water partition coefficient (Wildman–Crippen LogP) is 4.01. The zero-order valence-electron chi connectivity index (χ0n) is 15.2. The minimum Gasteiger partial charge on any atom is -0.486 e. The third kappa shape index (κ3) is 2.85. The average Bonchev–Trinajstić information content (AvgIpc) is 2.75. The fourth-order valence-electron chi connectivity index (χ4n) is 3.75. The van der Waals surface area contributed by atoms with E-state index >= 15 is 0 Å². The normalized spacial score (nSPS) is 14.4. The largest absolute Gasteiger partial charge is 0.486 e. The summed E-state index contributed by atoms with van der Waals surface area (Å²) >= 11 is 0. The number of rotatable bonds is 3. The van der Waals surface area contributed by atoms with Crippen LogP contribution in [0.15, 0.2) is 66.7 Å². The number of nitrogens with one attached hydrogen (secondary N) is 1. The SMILES string of the molecule is O=C(NCc1cccc2c1OCCO2)C1c2ccccc2Oc2ccccc21. The maximum atomic E-state index is 13.2. The van der Waals surface area contributed by atoms with E-state index in [1.165, 1.54) is 0 Å². The molecule has 0 bridgehead atoms. The van der Waals surface area contributed by atoms with Crippen molar-refractivity contribution < 1.29 is 19.0 Å². The second-order valence-corrected chi connectivity index (χ2v) is 6.77. The van der Waals surface area contributed by atoms with Gasteiger partial charge in [0, 0.05) is 23.2 Å². The van der Waals surface area contributed by atoms with Crippen molar-refractivity contribution in [2.45, 2.75) is 12.5 Å². The molecule has 2 aliphatic heterocycles. The lowest BCUT2D eigenvalue weighted by Crippen LogP contribution is -2.31. The van der Waals surface area contributed by atoms with Gasteiger partial charge in [-0.1, -0.05) is 48.5 Å². The van der Waals surface area contributed by atoms with E-state index in [-0.39, 0.29) is 5.91 Å². The summed E-state index contributed by atoms with van der Waals surface area (Å²) in [5.74, 6) is 2.38. The zero-order chi connectivity index (χ0) is 18.9. The van der Waals surface area contributed by atoms with E-state index in [1.807, 2.05) is 66.7 Å². The van der Waals surface area contributed by atoms with Gasteiger partial charge < -0.3 is 19.5 Å². The van der Waals surface area contributed by atoms with Crippen molar-refractivity contribution in [3.8, 4) is 23.0 Å². The Hall–Kier alpha value is -3.47. The number of carbonyl (C=O) groups excluding carboxylic acids is 1. The summed E-state index contributed by atoms with van der Waals surface area (Å²) in [5, 5.41) is 3.07. The van der Waals surface area contributed by atoms with Gasteiger partial charge >= 0.3 is 0 Å². The minimum absolute atomic E-state index is 0.0717. The van der Waals surface area contributed by atoms with Crippen LogP contribution in [0.5, 0.6) is 23.0 Å². The monoisotopic (exact) mass is 373 g/mol. The van der Waals surface area contributed by atoms with Crippen LogP contribution < -0.4 is 19.5 Å². The Morgan fingerprint density at radius 2 is 1.46 bits per heavy atom. The third-order valence-electron chi connectivity index (χ3n) is 5.04. The van der Waals surface area contributed by atoms with E-state index in [1.54, 1.807) is 0 Å². The van der Waals surface area contributed by atoms with Crippen LogP contribution in [0.3, 0.4) is 0 Å². The maximum Gasteiger partial charge on any atom is 0.232 e. The second-order valence-electron chi connectivity index (χ2n) is 6.77. The minimum atomic E-state index is -0.419. The van der Waals surface area contributed by atoms with Gasteiger partial charge in [-0.15, -0.1) is 0 Å².